The lowest BCUT2D eigenvalue weighted by atomic mass is 10.1. The van der Waals surface area contributed by atoms with Crippen LogP contribution < -0.4 is 10.6 Å². The highest BCUT2D eigenvalue weighted by Crippen LogP contribution is 2.25. The SMILES string of the molecule is C[C@@H]([NH2+]CC(=O)N[C@H](c1ccccc1)c1cccs1)c1ccco1. The Labute approximate surface area is 145 Å². The van der Waals surface area contributed by atoms with Crippen molar-refractivity contribution in [2.45, 2.75) is 19.0 Å². The second-order valence-corrected chi connectivity index (χ2v) is 6.65. The number of benzene rings is 1. The fourth-order valence-corrected chi connectivity index (χ4v) is 3.39. The third kappa shape index (κ3) is 4.13. The molecule has 0 radical (unpaired) electrons. The number of amides is 1. The van der Waals surface area contributed by atoms with E-state index in [2.05, 4.69) is 11.4 Å². The minimum atomic E-state index is -0.106. The molecular formula is C19H21N2O2S+. The highest BCUT2D eigenvalue weighted by atomic mass is 32.1. The molecule has 1 amide bonds. The summed E-state index contributed by atoms with van der Waals surface area (Å²) in [6.07, 6.45) is 1.65. The maximum atomic E-state index is 12.4. The fourth-order valence-electron chi connectivity index (χ4n) is 2.59. The average Bonchev–Trinajstić information content (AvgIpc) is 3.31. The van der Waals surface area contributed by atoms with E-state index < -0.39 is 0 Å². The van der Waals surface area contributed by atoms with E-state index in [1.807, 2.05) is 66.2 Å². The molecular weight excluding hydrogens is 320 g/mol. The molecule has 0 spiro atoms. The van der Waals surface area contributed by atoms with Gasteiger partial charge in [0.1, 0.15) is 6.04 Å². The van der Waals surface area contributed by atoms with Gasteiger partial charge in [-0.3, -0.25) is 4.79 Å². The first kappa shape index (κ1) is 16.5. The Balaban J connectivity index is 1.63. The smallest absolute Gasteiger partial charge is 0.275 e. The van der Waals surface area contributed by atoms with E-state index in [9.17, 15) is 4.79 Å². The van der Waals surface area contributed by atoms with Gasteiger partial charge in [0, 0.05) is 4.88 Å². The largest absolute Gasteiger partial charge is 0.463 e. The molecule has 124 valence electrons. The van der Waals surface area contributed by atoms with Crippen LogP contribution in [0.15, 0.2) is 70.7 Å². The van der Waals surface area contributed by atoms with Crippen LogP contribution in [-0.4, -0.2) is 12.5 Å². The normalized spacial score (nSPS) is 13.4. The third-order valence-electron chi connectivity index (χ3n) is 3.91. The Morgan fingerprint density at radius 3 is 2.67 bits per heavy atom. The van der Waals surface area contributed by atoms with E-state index in [4.69, 9.17) is 4.42 Å². The predicted octanol–water partition coefficient (Wildman–Crippen LogP) is 2.87. The van der Waals surface area contributed by atoms with Gasteiger partial charge in [-0.15, -0.1) is 11.3 Å². The van der Waals surface area contributed by atoms with E-state index >= 15 is 0 Å². The Morgan fingerprint density at radius 2 is 2.00 bits per heavy atom. The Morgan fingerprint density at radius 1 is 1.17 bits per heavy atom. The van der Waals surface area contributed by atoms with Gasteiger partial charge < -0.3 is 15.1 Å². The molecule has 3 N–H and O–H groups in total. The summed E-state index contributed by atoms with van der Waals surface area (Å²) in [5, 5.41) is 7.15. The number of hydrogen-bond donors (Lipinski definition) is 2. The van der Waals surface area contributed by atoms with Gasteiger partial charge in [-0.2, -0.15) is 0 Å². The van der Waals surface area contributed by atoms with Crippen molar-refractivity contribution in [3.8, 4) is 0 Å². The molecule has 0 aliphatic rings. The van der Waals surface area contributed by atoms with Crippen LogP contribution in [0.1, 0.15) is 35.2 Å². The molecule has 1 aromatic carbocycles. The lowest BCUT2D eigenvalue weighted by Gasteiger charge is -2.18. The molecule has 0 aliphatic carbocycles. The van der Waals surface area contributed by atoms with E-state index in [0.717, 1.165) is 16.2 Å². The lowest BCUT2D eigenvalue weighted by molar-refractivity contribution is -0.684. The van der Waals surface area contributed by atoms with Gasteiger partial charge in [0.15, 0.2) is 12.3 Å². The molecule has 2 aromatic heterocycles. The topological polar surface area (TPSA) is 58.9 Å². The van der Waals surface area contributed by atoms with Crippen molar-refractivity contribution in [1.29, 1.82) is 0 Å². The summed E-state index contributed by atoms with van der Waals surface area (Å²) in [7, 11) is 0. The second kappa shape index (κ2) is 7.95. The number of carbonyl (C=O) groups excluding carboxylic acids is 1. The molecule has 0 bridgehead atoms. The maximum Gasteiger partial charge on any atom is 0.275 e. The number of quaternary nitrogens is 1. The molecule has 3 aromatic rings. The third-order valence-corrected chi connectivity index (χ3v) is 4.85. The number of nitrogens with one attached hydrogen (secondary N) is 1. The number of nitrogens with two attached hydrogens (primary N) is 1. The summed E-state index contributed by atoms with van der Waals surface area (Å²) in [5.74, 6) is 0.885. The van der Waals surface area contributed by atoms with Crippen LogP contribution in [0, 0.1) is 0 Å². The summed E-state index contributed by atoms with van der Waals surface area (Å²) >= 11 is 1.65. The van der Waals surface area contributed by atoms with Crippen molar-refractivity contribution in [3.05, 3.63) is 82.4 Å². The summed E-state index contributed by atoms with van der Waals surface area (Å²) < 4.78 is 5.38. The number of furan rings is 1. The van der Waals surface area contributed by atoms with E-state index in [0.29, 0.717) is 6.54 Å². The minimum absolute atomic E-state index is 0.00987. The minimum Gasteiger partial charge on any atom is -0.463 e. The first-order valence-electron chi connectivity index (χ1n) is 7.98. The Bertz CT molecular complexity index is 739. The van der Waals surface area contributed by atoms with Crippen LogP contribution in [0.2, 0.25) is 0 Å². The highest BCUT2D eigenvalue weighted by molar-refractivity contribution is 7.10. The molecule has 0 aliphatic heterocycles. The summed E-state index contributed by atoms with van der Waals surface area (Å²) in [6, 6.07) is 17.9. The van der Waals surface area contributed by atoms with Crippen LogP contribution in [0.5, 0.6) is 0 Å². The molecule has 5 heteroatoms. The molecule has 24 heavy (non-hydrogen) atoms. The van der Waals surface area contributed by atoms with Crippen molar-refractivity contribution in [2.24, 2.45) is 0 Å². The van der Waals surface area contributed by atoms with Crippen molar-refractivity contribution in [2.75, 3.05) is 6.54 Å². The van der Waals surface area contributed by atoms with E-state index in [1.165, 1.54) is 0 Å². The highest BCUT2D eigenvalue weighted by Gasteiger charge is 2.20. The number of hydrogen-bond acceptors (Lipinski definition) is 3. The van der Waals surface area contributed by atoms with Gasteiger partial charge >= 0.3 is 0 Å². The number of carbonyl (C=O) groups is 1. The number of rotatable bonds is 7. The van der Waals surface area contributed by atoms with E-state index in [-0.39, 0.29) is 18.0 Å². The van der Waals surface area contributed by atoms with Crippen molar-refractivity contribution in [3.63, 3.8) is 0 Å². The summed E-state index contributed by atoms with van der Waals surface area (Å²) in [6.45, 7) is 2.39. The monoisotopic (exact) mass is 341 g/mol. The molecule has 2 atom stereocenters. The lowest BCUT2D eigenvalue weighted by Crippen LogP contribution is -2.87. The molecule has 0 fully saturated rings. The van der Waals surface area contributed by atoms with Crippen molar-refractivity contribution < 1.29 is 14.5 Å². The standard InChI is InChI=1S/C19H20N2O2S/c1-14(16-9-5-11-23-16)20-13-18(22)21-19(17-10-6-12-24-17)15-7-3-2-4-8-15/h2-12,14,19-20H,13H2,1H3,(H,21,22)/p+1/t14-,19-/m1/s1. The average molecular weight is 341 g/mol. The van der Waals surface area contributed by atoms with Crippen molar-refractivity contribution in [1.82, 2.24) is 5.32 Å². The van der Waals surface area contributed by atoms with Crippen LogP contribution >= 0.6 is 11.3 Å². The van der Waals surface area contributed by atoms with Gasteiger partial charge in [-0.1, -0.05) is 36.4 Å². The quantitative estimate of drug-likeness (QED) is 0.694. The van der Waals surface area contributed by atoms with Gasteiger partial charge in [0.05, 0.1) is 12.3 Å². The molecule has 4 nitrogen and oxygen atoms in total. The van der Waals surface area contributed by atoms with Crippen LogP contribution in [-0.2, 0) is 4.79 Å². The maximum absolute atomic E-state index is 12.4. The van der Waals surface area contributed by atoms with Gasteiger partial charge in [0.2, 0.25) is 0 Å². The molecule has 0 unspecified atom stereocenters. The van der Waals surface area contributed by atoms with Crippen molar-refractivity contribution >= 4 is 17.2 Å². The summed E-state index contributed by atoms with van der Waals surface area (Å²) in [4.78, 5) is 13.6. The first-order valence-corrected chi connectivity index (χ1v) is 8.86. The predicted molar refractivity (Wildman–Crippen MR) is 94.7 cm³/mol. The second-order valence-electron chi connectivity index (χ2n) is 5.67. The van der Waals surface area contributed by atoms with Crippen LogP contribution in [0.3, 0.4) is 0 Å². The zero-order valence-corrected chi connectivity index (χ0v) is 14.3. The Hall–Kier alpha value is -2.37. The van der Waals surface area contributed by atoms with Gasteiger partial charge in [0.25, 0.3) is 5.91 Å². The van der Waals surface area contributed by atoms with Crippen LogP contribution in [0.25, 0.3) is 0 Å². The number of thiophene rings is 1. The first-order chi connectivity index (χ1) is 11.7. The Kier molecular flexibility index (Phi) is 5.46. The molecule has 3 rings (SSSR count). The van der Waals surface area contributed by atoms with Gasteiger partial charge in [-0.25, -0.2) is 0 Å². The molecule has 0 saturated heterocycles. The zero-order chi connectivity index (χ0) is 16.8. The van der Waals surface area contributed by atoms with Gasteiger partial charge in [-0.05, 0) is 36.1 Å². The fraction of sp³-hybridized carbons (Fsp3) is 0.211. The molecule has 0 saturated carbocycles. The van der Waals surface area contributed by atoms with E-state index in [1.54, 1.807) is 17.6 Å². The summed E-state index contributed by atoms with van der Waals surface area (Å²) in [5.41, 5.74) is 1.09. The molecule has 2 heterocycles. The van der Waals surface area contributed by atoms with Crippen LogP contribution in [0.4, 0.5) is 0 Å². The zero-order valence-electron chi connectivity index (χ0n) is 13.5.